The van der Waals surface area contributed by atoms with Crippen LogP contribution in [0.15, 0.2) is 79.3 Å². The van der Waals surface area contributed by atoms with E-state index in [4.69, 9.17) is 0 Å². The zero-order valence-corrected chi connectivity index (χ0v) is 25.1. The number of rotatable bonds is 7. The molecule has 0 spiro atoms. The zero-order valence-electron chi connectivity index (χ0n) is 21.9. The van der Waals surface area contributed by atoms with Crippen molar-refractivity contribution in [1.29, 1.82) is 0 Å². The van der Waals surface area contributed by atoms with Gasteiger partial charge in [0.05, 0.1) is 5.69 Å². The van der Waals surface area contributed by atoms with Crippen LogP contribution in [0.1, 0.15) is 21.5 Å². The first-order valence-electron chi connectivity index (χ1n) is 12.1. The van der Waals surface area contributed by atoms with E-state index in [0.29, 0.717) is 17.2 Å². The number of hydrogen-bond acceptors (Lipinski definition) is 7. The van der Waals surface area contributed by atoms with Gasteiger partial charge in [0.15, 0.2) is 0 Å². The molecule has 2 aromatic carbocycles. The summed E-state index contributed by atoms with van der Waals surface area (Å²) in [4.78, 5) is 28.4. The molecule has 1 saturated heterocycles. The summed E-state index contributed by atoms with van der Waals surface area (Å²) in [5.74, 6) is 0.330. The van der Waals surface area contributed by atoms with E-state index >= 15 is 0 Å². The number of aromatic nitrogens is 3. The van der Waals surface area contributed by atoms with Gasteiger partial charge in [0, 0.05) is 73.8 Å². The quantitative estimate of drug-likeness (QED) is 0.234. The Labute approximate surface area is 259 Å². The third-order valence-electron chi connectivity index (χ3n) is 6.19. The standard InChI is InChI=1S/C28H29N7O.4ClH/c1-20-4-9-24(17-26(20)34-28-31-12-10-25(33-28)23-3-2-11-30-18-23)32-27(36)22-7-5-21(6-8-22)19-35-15-13-29-14-16-35;;;;/h2-12,17-18,29H,13-16,19H2,1H3,(H,32,36)(H,31,33,34);4*1H. The predicted molar refractivity (Wildman–Crippen MR) is 171 cm³/mol. The van der Waals surface area contributed by atoms with Crippen molar-refractivity contribution in [2.75, 3.05) is 36.8 Å². The smallest absolute Gasteiger partial charge is 0.255 e. The molecule has 214 valence electrons. The maximum atomic E-state index is 12.9. The number of anilines is 3. The van der Waals surface area contributed by atoms with Gasteiger partial charge in [-0.15, -0.1) is 49.6 Å². The number of amides is 1. The molecule has 0 saturated carbocycles. The molecular formula is C28H33Cl4N7O. The van der Waals surface area contributed by atoms with E-state index in [9.17, 15) is 4.79 Å². The molecule has 1 aliphatic rings. The van der Waals surface area contributed by atoms with Gasteiger partial charge >= 0.3 is 0 Å². The molecular weight excluding hydrogens is 592 g/mol. The molecule has 0 bridgehead atoms. The summed E-state index contributed by atoms with van der Waals surface area (Å²) < 4.78 is 0. The molecule has 1 fully saturated rings. The summed E-state index contributed by atoms with van der Waals surface area (Å²) in [5, 5.41) is 9.65. The van der Waals surface area contributed by atoms with Crippen molar-refractivity contribution in [1.82, 2.24) is 25.2 Å². The molecule has 1 amide bonds. The topological polar surface area (TPSA) is 95.1 Å². The van der Waals surface area contributed by atoms with Gasteiger partial charge in [-0.3, -0.25) is 14.7 Å². The van der Waals surface area contributed by atoms with Gasteiger partial charge < -0.3 is 16.0 Å². The molecule has 3 heterocycles. The van der Waals surface area contributed by atoms with Crippen LogP contribution >= 0.6 is 49.6 Å². The lowest BCUT2D eigenvalue weighted by atomic mass is 10.1. The lowest BCUT2D eigenvalue weighted by Crippen LogP contribution is -2.42. The Morgan fingerprint density at radius 1 is 0.950 bits per heavy atom. The Bertz CT molecular complexity index is 1340. The number of hydrogen-bond donors (Lipinski definition) is 3. The fourth-order valence-corrected chi connectivity index (χ4v) is 4.14. The van der Waals surface area contributed by atoms with Crippen LogP contribution in [0, 0.1) is 6.92 Å². The number of pyridine rings is 1. The molecule has 1 aliphatic heterocycles. The molecule has 0 aliphatic carbocycles. The van der Waals surface area contributed by atoms with Crippen LogP contribution in [0.3, 0.4) is 0 Å². The average molecular weight is 625 g/mol. The second-order valence-electron chi connectivity index (χ2n) is 8.84. The largest absolute Gasteiger partial charge is 0.324 e. The fourth-order valence-electron chi connectivity index (χ4n) is 4.14. The molecule has 0 radical (unpaired) electrons. The van der Waals surface area contributed by atoms with E-state index in [0.717, 1.165) is 55.2 Å². The second kappa shape index (κ2) is 17.0. The second-order valence-corrected chi connectivity index (χ2v) is 8.84. The minimum atomic E-state index is -0.145. The van der Waals surface area contributed by atoms with Gasteiger partial charge in [0.25, 0.3) is 5.91 Å². The number of carbonyl (C=O) groups excluding carboxylic acids is 1. The average Bonchev–Trinajstić information content (AvgIpc) is 2.92. The maximum Gasteiger partial charge on any atom is 0.255 e. The van der Waals surface area contributed by atoms with Crippen LogP contribution in [-0.4, -0.2) is 51.9 Å². The van der Waals surface area contributed by atoms with Gasteiger partial charge in [-0.05, 0) is 60.5 Å². The minimum Gasteiger partial charge on any atom is -0.324 e. The number of halogens is 4. The molecule has 0 unspecified atom stereocenters. The van der Waals surface area contributed by atoms with Crippen molar-refractivity contribution in [3.05, 3.63) is 95.9 Å². The zero-order chi connectivity index (χ0) is 24.7. The van der Waals surface area contributed by atoms with Crippen LogP contribution in [0.25, 0.3) is 11.3 Å². The van der Waals surface area contributed by atoms with Crippen molar-refractivity contribution in [2.24, 2.45) is 0 Å². The van der Waals surface area contributed by atoms with Crippen molar-refractivity contribution in [3.63, 3.8) is 0 Å². The number of benzene rings is 2. The van der Waals surface area contributed by atoms with Crippen LogP contribution in [0.5, 0.6) is 0 Å². The lowest BCUT2D eigenvalue weighted by molar-refractivity contribution is 0.102. The summed E-state index contributed by atoms with van der Waals surface area (Å²) >= 11 is 0. The fraction of sp³-hybridized carbons (Fsp3) is 0.214. The van der Waals surface area contributed by atoms with Crippen LogP contribution in [0.4, 0.5) is 17.3 Å². The van der Waals surface area contributed by atoms with Crippen molar-refractivity contribution in [2.45, 2.75) is 13.5 Å². The summed E-state index contributed by atoms with van der Waals surface area (Å²) in [6.45, 7) is 7.04. The normalized spacial score (nSPS) is 12.4. The van der Waals surface area contributed by atoms with E-state index in [1.165, 1.54) is 5.56 Å². The van der Waals surface area contributed by atoms with Gasteiger partial charge in [0.1, 0.15) is 0 Å². The molecule has 4 aromatic rings. The number of aryl methyl sites for hydroxylation is 1. The SMILES string of the molecule is Cc1ccc(NC(=O)c2ccc(CN3CCNCC3)cc2)cc1Nc1nccc(-c2cccnc2)n1.Cl.Cl.Cl.Cl. The number of carbonyl (C=O) groups is 1. The third kappa shape index (κ3) is 9.30. The molecule has 0 atom stereocenters. The van der Waals surface area contributed by atoms with Crippen molar-refractivity contribution in [3.8, 4) is 11.3 Å². The van der Waals surface area contributed by atoms with Gasteiger partial charge in [-0.25, -0.2) is 9.97 Å². The highest BCUT2D eigenvalue weighted by Crippen LogP contribution is 2.24. The van der Waals surface area contributed by atoms with E-state index < -0.39 is 0 Å². The van der Waals surface area contributed by atoms with Crippen LogP contribution in [0.2, 0.25) is 0 Å². The minimum absolute atomic E-state index is 0. The van der Waals surface area contributed by atoms with E-state index in [-0.39, 0.29) is 55.5 Å². The molecule has 40 heavy (non-hydrogen) atoms. The molecule has 5 rings (SSSR count). The van der Waals surface area contributed by atoms with Crippen molar-refractivity contribution < 1.29 is 4.79 Å². The summed E-state index contributed by atoms with van der Waals surface area (Å²) in [6.07, 6.45) is 5.21. The molecule has 2 aromatic heterocycles. The van der Waals surface area contributed by atoms with E-state index in [1.54, 1.807) is 18.6 Å². The maximum absolute atomic E-state index is 12.9. The number of piperazine rings is 1. The van der Waals surface area contributed by atoms with E-state index in [2.05, 4.69) is 35.8 Å². The third-order valence-corrected chi connectivity index (χ3v) is 6.19. The Hall–Kier alpha value is -2.98. The first-order valence-corrected chi connectivity index (χ1v) is 12.1. The summed E-state index contributed by atoms with van der Waals surface area (Å²) in [7, 11) is 0. The predicted octanol–water partition coefficient (Wildman–Crippen LogP) is 5.94. The highest BCUT2D eigenvalue weighted by molar-refractivity contribution is 6.04. The Morgan fingerprint density at radius 3 is 2.40 bits per heavy atom. The monoisotopic (exact) mass is 623 g/mol. The van der Waals surface area contributed by atoms with Crippen LogP contribution in [-0.2, 0) is 6.54 Å². The van der Waals surface area contributed by atoms with Crippen molar-refractivity contribution >= 4 is 72.9 Å². The lowest BCUT2D eigenvalue weighted by Gasteiger charge is -2.27. The molecule has 3 N–H and O–H groups in total. The Kier molecular flexibility index (Phi) is 14.9. The summed E-state index contributed by atoms with van der Waals surface area (Å²) in [5.41, 5.74) is 6.07. The van der Waals surface area contributed by atoms with Gasteiger partial charge in [-0.2, -0.15) is 0 Å². The Morgan fingerprint density at radius 2 is 1.70 bits per heavy atom. The van der Waals surface area contributed by atoms with Gasteiger partial charge in [-0.1, -0.05) is 18.2 Å². The molecule has 8 nitrogen and oxygen atoms in total. The summed E-state index contributed by atoms with van der Waals surface area (Å²) in [6, 6.07) is 19.3. The van der Waals surface area contributed by atoms with Gasteiger partial charge in [0.2, 0.25) is 5.95 Å². The number of nitrogens with zero attached hydrogens (tertiary/aromatic N) is 4. The molecule has 12 heteroatoms. The first kappa shape index (κ1) is 35.0. The van der Waals surface area contributed by atoms with Crippen LogP contribution < -0.4 is 16.0 Å². The Balaban J connectivity index is 0.00000200. The number of nitrogens with one attached hydrogen (secondary N) is 3. The van der Waals surface area contributed by atoms with E-state index in [1.807, 2.05) is 67.6 Å². The highest BCUT2D eigenvalue weighted by atomic mass is 35.5. The first-order chi connectivity index (χ1) is 17.6. The highest BCUT2D eigenvalue weighted by Gasteiger charge is 2.12.